The van der Waals surface area contributed by atoms with Crippen molar-refractivity contribution in [3.8, 4) is 0 Å². The van der Waals surface area contributed by atoms with Gasteiger partial charge in [-0.15, -0.1) is 0 Å². The molecule has 0 aromatic rings. The number of aliphatic hydroxyl groups excluding tert-OH is 1. The van der Waals surface area contributed by atoms with E-state index in [0.29, 0.717) is 6.61 Å². The first-order chi connectivity index (χ1) is 7.28. The van der Waals surface area contributed by atoms with Gasteiger partial charge < -0.3 is 10.0 Å². The zero-order valence-electron chi connectivity index (χ0n) is 10.8. The second-order valence-corrected chi connectivity index (χ2v) is 4.39. The van der Waals surface area contributed by atoms with E-state index in [-0.39, 0.29) is 0 Å². The van der Waals surface area contributed by atoms with Gasteiger partial charge in [0.2, 0.25) is 0 Å². The molecule has 0 aromatic heterocycles. The third-order valence-electron chi connectivity index (χ3n) is 3.14. The largest absolute Gasteiger partial charge is 0.396 e. The number of hydrogen-bond donors (Lipinski definition) is 1. The molecule has 0 saturated carbocycles. The van der Waals surface area contributed by atoms with Gasteiger partial charge in [-0.05, 0) is 25.3 Å². The summed E-state index contributed by atoms with van der Waals surface area (Å²) in [5.74, 6) is 0.851. The van der Waals surface area contributed by atoms with E-state index in [9.17, 15) is 0 Å². The summed E-state index contributed by atoms with van der Waals surface area (Å²) in [4.78, 5) is 2.47. The second kappa shape index (κ2) is 10.4. The summed E-state index contributed by atoms with van der Waals surface area (Å²) in [7, 11) is 0. The fourth-order valence-electron chi connectivity index (χ4n) is 1.96. The fraction of sp³-hybridized carbons (Fsp3) is 1.00. The molecule has 0 aliphatic carbocycles. The molecule has 1 atom stereocenters. The van der Waals surface area contributed by atoms with Crippen molar-refractivity contribution in [2.45, 2.75) is 52.9 Å². The third-order valence-corrected chi connectivity index (χ3v) is 3.14. The van der Waals surface area contributed by atoms with Gasteiger partial charge in [-0.2, -0.15) is 0 Å². The molecular weight excluding hydrogens is 186 g/mol. The van der Waals surface area contributed by atoms with Gasteiger partial charge in [0.25, 0.3) is 0 Å². The highest BCUT2D eigenvalue weighted by atomic mass is 16.3. The number of hydrogen-bond acceptors (Lipinski definition) is 2. The summed E-state index contributed by atoms with van der Waals surface area (Å²) >= 11 is 0. The molecule has 0 amide bonds. The number of aliphatic hydroxyl groups is 1. The van der Waals surface area contributed by atoms with Crippen LogP contribution in [0, 0.1) is 5.92 Å². The molecule has 0 spiro atoms. The van der Waals surface area contributed by atoms with Crippen LogP contribution in [0.25, 0.3) is 0 Å². The predicted octanol–water partition coefficient (Wildman–Crippen LogP) is 2.91. The molecule has 0 aliphatic rings. The van der Waals surface area contributed by atoms with E-state index in [2.05, 4.69) is 25.7 Å². The third kappa shape index (κ3) is 7.80. The highest BCUT2D eigenvalue weighted by Crippen LogP contribution is 2.14. The average Bonchev–Trinajstić information content (AvgIpc) is 2.28. The van der Waals surface area contributed by atoms with Gasteiger partial charge in [-0.3, -0.25) is 0 Å². The van der Waals surface area contributed by atoms with Crippen LogP contribution in [0.1, 0.15) is 52.9 Å². The van der Waals surface area contributed by atoms with Crippen molar-refractivity contribution in [1.29, 1.82) is 0 Å². The maximum absolute atomic E-state index is 8.82. The molecule has 15 heavy (non-hydrogen) atoms. The van der Waals surface area contributed by atoms with Crippen LogP contribution >= 0.6 is 0 Å². The van der Waals surface area contributed by atoms with E-state index in [1.807, 2.05) is 0 Å². The Morgan fingerprint density at radius 3 is 2.33 bits per heavy atom. The smallest absolute Gasteiger partial charge is 0.0443 e. The summed E-state index contributed by atoms with van der Waals surface area (Å²) in [6, 6.07) is 0. The lowest BCUT2D eigenvalue weighted by molar-refractivity contribution is 0.200. The zero-order chi connectivity index (χ0) is 11.5. The Morgan fingerprint density at radius 2 is 1.87 bits per heavy atom. The molecule has 1 N–H and O–H groups in total. The molecule has 0 fully saturated rings. The van der Waals surface area contributed by atoms with Crippen molar-refractivity contribution in [2.24, 2.45) is 5.92 Å². The van der Waals surface area contributed by atoms with Gasteiger partial charge in [0.15, 0.2) is 0 Å². The van der Waals surface area contributed by atoms with E-state index < -0.39 is 0 Å². The Balaban J connectivity index is 3.77. The fourth-order valence-corrected chi connectivity index (χ4v) is 1.96. The molecule has 1 unspecified atom stereocenters. The minimum Gasteiger partial charge on any atom is -0.396 e. The molecular formula is C13H29NO. The minimum atomic E-state index is 0.322. The molecule has 0 aliphatic heterocycles. The van der Waals surface area contributed by atoms with E-state index in [4.69, 9.17) is 5.11 Å². The van der Waals surface area contributed by atoms with E-state index in [1.165, 1.54) is 32.2 Å². The van der Waals surface area contributed by atoms with E-state index in [0.717, 1.165) is 25.4 Å². The zero-order valence-corrected chi connectivity index (χ0v) is 10.8. The normalized spacial score (nSPS) is 13.4. The van der Waals surface area contributed by atoms with Crippen LogP contribution in [0.15, 0.2) is 0 Å². The Bertz CT molecular complexity index is 114. The minimum absolute atomic E-state index is 0.322. The summed E-state index contributed by atoms with van der Waals surface area (Å²) in [5, 5.41) is 8.82. The summed E-state index contributed by atoms with van der Waals surface area (Å²) in [6.45, 7) is 10.5. The number of nitrogens with zero attached hydrogens (tertiary/aromatic N) is 1. The summed E-state index contributed by atoms with van der Waals surface area (Å²) < 4.78 is 0. The van der Waals surface area contributed by atoms with Crippen LogP contribution in [0.2, 0.25) is 0 Å². The van der Waals surface area contributed by atoms with Crippen LogP contribution in [-0.2, 0) is 0 Å². The van der Waals surface area contributed by atoms with Crippen LogP contribution in [-0.4, -0.2) is 36.2 Å². The van der Waals surface area contributed by atoms with Gasteiger partial charge in [0.05, 0.1) is 0 Å². The predicted molar refractivity (Wildman–Crippen MR) is 67.1 cm³/mol. The Kier molecular flexibility index (Phi) is 10.4. The Labute approximate surface area is 95.7 Å². The lowest BCUT2D eigenvalue weighted by Crippen LogP contribution is -2.30. The molecule has 0 radical (unpaired) electrons. The highest BCUT2D eigenvalue weighted by molar-refractivity contribution is 4.64. The molecule has 0 rings (SSSR count). The lowest BCUT2D eigenvalue weighted by atomic mass is 9.98. The molecule has 92 valence electrons. The maximum atomic E-state index is 8.82. The lowest BCUT2D eigenvalue weighted by Gasteiger charge is -2.25. The first-order valence-corrected chi connectivity index (χ1v) is 6.61. The van der Waals surface area contributed by atoms with Gasteiger partial charge >= 0.3 is 0 Å². The molecule has 0 bridgehead atoms. The van der Waals surface area contributed by atoms with Crippen molar-refractivity contribution in [3.05, 3.63) is 0 Å². The standard InChI is InChI=1S/C13H29NO/c1-4-7-9-13(5-2)12-14(6-3)10-8-11-15/h13,15H,4-12H2,1-3H3. The summed E-state index contributed by atoms with van der Waals surface area (Å²) in [6.07, 6.45) is 6.23. The highest BCUT2D eigenvalue weighted by Gasteiger charge is 2.10. The quantitative estimate of drug-likeness (QED) is 0.606. The van der Waals surface area contributed by atoms with Crippen LogP contribution in [0.3, 0.4) is 0 Å². The average molecular weight is 215 g/mol. The molecule has 2 nitrogen and oxygen atoms in total. The molecule has 0 aromatic carbocycles. The Hall–Kier alpha value is -0.0800. The van der Waals surface area contributed by atoms with Crippen molar-refractivity contribution in [3.63, 3.8) is 0 Å². The van der Waals surface area contributed by atoms with E-state index >= 15 is 0 Å². The Morgan fingerprint density at radius 1 is 1.13 bits per heavy atom. The molecule has 2 heteroatoms. The van der Waals surface area contributed by atoms with Crippen LogP contribution in [0.4, 0.5) is 0 Å². The number of unbranched alkanes of at least 4 members (excludes halogenated alkanes) is 1. The topological polar surface area (TPSA) is 23.5 Å². The monoisotopic (exact) mass is 215 g/mol. The van der Waals surface area contributed by atoms with Crippen molar-refractivity contribution >= 4 is 0 Å². The SMILES string of the molecule is CCCCC(CC)CN(CC)CCCO. The maximum Gasteiger partial charge on any atom is 0.0443 e. The van der Waals surface area contributed by atoms with Crippen molar-refractivity contribution in [1.82, 2.24) is 4.90 Å². The first-order valence-electron chi connectivity index (χ1n) is 6.61. The van der Waals surface area contributed by atoms with E-state index in [1.54, 1.807) is 0 Å². The van der Waals surface area contributed by atoms with Gasteiger partial charge in [-0.25, -0.2) is 0 Å². The van der Waals surface area contributed by atoms with Crippen molar-refractivity contribution < 1.29 is 5.11 Å². The number of rotatable bonds is 10. The van der Waals surface area contributed by atoms with Crippen molar-refractivity contribution in [2.75, 3.05) is 26.2 Å². The van der Waals surface area contributed by atoms with Gasteiger partial charge in [0.1, 0.15) is 0 Å². The van der Waals surface area contributed by atoms with Crippen LogP contribution in [0.5, 0.6) is 0 Å². The second-order valence-electron chi connectivity index (χ2n) is 4.39. The summed E-state index contributed by atoms with van der Waals surface area (Å²) in [5.41, 5.74) is 0. The molecule has 0 heterocycles. The van der Waals surface area contributed by atoms with Gasteiger partial charge in [0, 0.05) is 19.7 Å². The first kappa shape index (κ1) is 14.9. The van der Waals surface area contributed by atoms with Crippen LogP contribution < -0.4 is 0 Å². The van der Waals surface area contributed by atoms with Gasteiger partial charge in [-0.1, -0.05) is 40.0 Å². The molecule has 0 saturated heterocycles.